The van der Waals surface area contributed by atoms with Crippen molar-refractivity contribution in [3.63, 3.8) is 0 Å². The first-order valence-corrected chi connectivity index (χ1v) is 5.74. The number of rotatable bonds is 5. The molecule has 0 saturated carbocycles. The van der Waals surface area contributed by atoms with E-state index in [1.54, 1.807) is 0 Å². The summed E-state index contributed by atoms with van der Waals surface area (Å²) < 4.78 is 43.3. The monoisotopic (exact) mass is 265 g/mol. The first-order valence-electron chi connectivity index (χ1n) is 4.75. The Morgan fingerprint density at radius 3 is 2.82 bits per heavy atom. The molecule has 0 bridgehead atoms. The highest BCUT2D eigenvalue weighted by molar-refractivity contribution is 7.99. The maximum absolute atomic E-state index is 13.1. The minimum Gasteiger partial charge on any atom is -0.469 e. The summed E-state index contributed by atoms with van der Waals surface area (Å²) in [4.78, 5) is 13.3. The Morgan fingerprint density at radius 1 is 1.47 bits per heavy atom. The second kappa shape index (κ2) is 6.48. The lowest BCUT2D eigenvalue weighted by Crippen LogP contribution is -2.01. The zero-order valence-corrected chi connectivity index (χ0v) is 9.82. The number of halogens is 3. The first kappa shape index (κ1) is 13.8. The van der Waals surface area contributed by atoms with Crippen LogP contribution in [-0.2, 0) is 9.53 Å². The van der Waals surface area contributed by atoms with E-state index < -0.39 is 28.4 Å². The third kappa shape index (κ3) is 3.92. The summed E-state index contributed by atoms with van der Waals surface area (Å²) in [5, 5.41) is 0. The molecule has 0 aromatic carbocycles. The number of methoxy groups -OCH3 is 1. The summed E-state index contributed by atoms with van der Waals surface area (Å²) in [6.45, 7) is 0. The van der Waals surface area contributed by atoms with Crippen molar-refractivity contribution in [2.75, 3.05) is 12.9 Å². The van der Waals surface area contributed by atoms with E-state index in [0.717, 1.165) is 11.8 Å². The highest BCUT2D eigenvalue weighted by atomic mass is 32.2. The van der Waals surface area contributed by atoms with Crippen molar-refractivity contribution < 1.29 is 22.7 Å². The van der Waals surface area contributed by atoms with Crippen molar-refractivity contribution >= 4 is 17.7 Å². The van der Waals surface area contributed by atoms with Gasteiger partial charge < -0.3 is 4.74 Å². The maximum Gasteiger partial charge on any atom is 0.305 e. The molecule has 94 valence electrons. The molecule has 1 rings (SSSR count). The van der Waals surface area contributed by atoms with Gasteiger partial charge in [0.2, 0.25) is 5.95 Å². The number of pyridine rings is 1. The van der Waals surface area contributed by atoms with Gasteiger partial charge in [-0.15, -0.1) is 11.8 Å². The molecular weight excluding hydrogens is 255 g/mol. The van der Waals surface area contributed by atoms with Crippen molar-refractivity contribution in [1.82, 2.24) is 4.98 Å². The number of esters is 1. The predicted molar refractivity (Wildman–Crippen MR) is 56.1 cm³/mol. The molecule has 0 radical (unpaired) electrons. The van der Waals surface area contributed by atoms with Crippen molar-refractivity contribution in [3.05, 3.63) is 23.8 Å². The van der Waals surface area contributed by atoms with Crippen LogP contribution in [0.4, 0.5) is 13.2 Å². The molecule has 17 heavy (non-hydrogen) atoms. The minimum absolute atomic E-state index is 0.153. The van der Waals surface area contributed by atoms with Crippen molar-refractivity contribution in [2.45, 2.75) is 17.7 Å². The first-order chi connectivity index (χ1) is 8.06. The SMILES string of the molecule is COC(=O)CCCSc1c(F)cnc(F)c1F. The fourth-order valence-corrected chi connectivity index (χ4v) is 1.95. The molecule has 0 amide bonds. The number of thioether (sulfide) groups is 1. The lowest BCUT2D eigenvalue weighted by Gasteiger charge is -2.04. The average Bonchev–Trinajstić information content (AvgIpc) is 2.32. The van der Waals surface area contributed by atoms with Gasteiger partial charge in [0.25, 0.3) is 0 Å². The van der Waals surface area contributed by atoms with E-state index in [0.29, 0.717) is 12.6 Å². The van der Waals surface area contributed by atoms with E-state index in [9.17, 15) is 18.0 Å². The van der Waals surface area contributed by atoms with Gasteiger partial charge >= 0.3 is 5.97 Å². The van der Waals surface area contributed by atoms with Crippen molar-refractivity contribution in [1.29, 1.82) is 0 Å². The fraction of sp³-hybridized carbons (Fsp3) is 0.400. The standard InChI is InChI=1S/C10H10F3NO2S/c1-16-7(15)3-2-4-17-9-6(11)5-14-10(13)8(9)12/h5H,2-4H2,1H3. The van der Waals surface area contributed by atoms with E-state index in [-0.39, 0.29) is 12.2 Å². The summed E-state index contributed by atoms with van der Waals surface area (Å²) in [6.07, 6.45) is 1.17. The molecule has 1 heterocycles. The van der Waals surface area contributed by atoms with Crippen LogP contribution in [0.1, 0.15) is 12.8 Å². The number of hydrogen-bond donors (Lipinski definition) is 0. The van der Waals surface area contributed by atoms with Crippen molar-refractivity contribution in [2.24, 2.45) is 0 Å². The van der Waals surface area contributed by atoms with Gasteiger partial charge in [0.15, 0.2) is 11.6 Å². The normalized spacial score (nSPS) is 10.4. The van der Waals surface area contributed by atoms with Crippen LogP contribution < -0.4 is 0 Å². The second-order valence-corrected chi connectivity index (χ2v) is 4.17. The van der Waals surface area contributed by atoms with E-state index >= 15 is 0 Å². The second-order valence-electron chi connectivity index (χ2n) is 3.07. The van der Waals surface area contributed by atoms with E-state index in [1.165, 1.54) is 7.11 Å². The van der Waals surface area contributed by atoms with Gasteiger partial charge in [-0.3, -0.25) is 4.79 Å². The van der Waals surface area contributed by atoms with Crippen LogP contribution in [0.3, 0.4) is 0 Å². The number of carbonyl (C=O) groups is 1. The molecule has 0 aliphatic carbocycles. The van der Waals surface area contributed by atoms with Gasteiger partial charge in [0, 0.05) is 6.42 Å². The maximum atomic E-state index is 13.1. The van der Waals surface area contributed by atoms with Crippen LogP contribution in [0.15, 0.2) is 11.1 Å². The largest absolute Gasteiger partial charge is 0.469 e. The number of hydrogen-bond acceptors (Lipinski definition) is 4. The van der Waals surface area contributed by atoms with Crippen LogP contribution >= 0.6 is 11.8 Å². The molecule has 0 saturated heterocycles. The van der Waals surface area contributed by atoms with Gasteiger partial charge in [-0.1, -0.05) is 0 Å². The van der Waals surface area contributed by atoms with Crippen LogP contribution in [-0.4, -0.2) is 23.8 Å². The molecule has 7 heteroatoms. The smallest absolute Gasteiger partial charge is 0.305 e. The van der Waals surface area contributed by atoms with Gasteiger partial charge in [-0.05, 0) is 12.2 Å². The van der Waals surface area contributed by atoms with Crippen LogP contribution in [0.2, 0.25) is 0 Å². The molecule has 3 nitrogen and oxygen atoms in total. The lowest BCUT2D eigenvalue weighted by atomic mass is 10.3. The Hall–Kier alpha value is -1.24. The number of ether oxygens (including phenoxy) is 1. The predicted octanol–water partition coefficient (Wildman–Crippen LogP) is 2.54. The molecule has 0 aliphatic heterocycles. The van der Waals surface area contributed by atoms with Crippen LogP contribution in [0, 0.1) is 17.6 Å². The Labute approximate surface area is 100 Å². The average molecular weight is 265 g/mol. The van der Waals surface area contributed by atoms with E-state index in [1.807, 2.05) is 0 Å². The summed E-state index contributed by atoms with van der Waals surface area (Å²) in [7, 11) is 1.26. The fourth-order valence-electron chi connectivity index (χ4n) is 1.05. The van der Waals surface area contributed by atoms with Crippen molar-refractivity contribution in [3.8, 4) is 0 Å². The van der Waals surface area contributed by atoms with Crippen LogP contribution in [0.5, 0.6) is 0 Å². The third-order valence-electron chi connectivity index (χ3n) is 1.89. The molecule has 1 aromatic rings. The van der Waals surface area contributed by atoms with E-state index in [4.69, 9.17) is 0 Å². The zero-order valence-electron chi connectivity index (χ0n) is 9.00. The Balaban J connectivity index is 2.52. The molecule has 0 atom stereocenters. The number of aromatic nitrogens is 1. The minimum atomic E-state index is -1.33. The number of nitrogens with zero attached hydrogens (tertiary/aromatic N) is 1. The van der Waals surface area contributed by atoms with Gasteiger partial charge in [0.05, 0.1) is 18.2 Å². The summed E-state index contributed by atoms with van der Waals surface area (Å²) in [5.41, 5.74) is 0. The molecule has 1 aromatic heterocycles. The lowest BCUT2D eigenvalue weighted by molar-refractivity contribution is -0.140. The molecule has 0 fully saturated rings. The Bertz CT molecular complexity index is 415. The molecular formula is C10H10F3NO2S. The van der Waals surface area contributed by atoms with E-state index in [2.05, 4.69) is 9.72 Å². The van der Waals surface area contributed by atoms with Gasteiger partial charge in [-0.25, -0.2) is 13.8 Å². The van der Waals surface area contributed by atoms with Gasteiger partial charge in [-0.2, -0.15) is 4.39 Å². The Morgan fingerprint density at radius 2 is 2.18 bits per heavy atom. The molecule has 0 unspecified atom stereocenters. The highest BCUT2D eigenvalue weighted by Gasteiger charge is 2.15. The Kier molecular flexibility index (Phi) is 5.27. The molecule has 0 N–H and O–H groups in total. The summed E-state index contributed by atoms with van der Waals surface area (Å²) in [6, 6.07) is 0. The van der Waals surface area contributed by atoms with Crippen LogP contribution in [0.25, 0.3) is 0 Å². The number of carbonyl (C=O) groups excluding carboxylic acids is 1. The summed E-state index contributed by atoms with van der Waals surface area (Å²) in [5.74, 6) is -3.65. The zero-order chi connectivity index (χ0) is 12.8. The summed E-state index contributed by atoms with van der Waals surface area (Å²) >= 11 is 0.803. The van der Waals surface area contributed by atoms with Gasteiger partial charge in [0.1, 0.15) is 0 Å². The molecule has 0 spiro atoms. The highest BCUT2D eigenvalue weighted by Crippen LogP contribution is 2.26. The third-order valence-corrected chi connectivity index (χ3v) is 3.04. The topological polar surface area (TPSA) is 39.2 Å². The molecule has 0 aliphatic rings. The quantitative estimate of drug-likeness (QED) is 0.355.